The third kappa shape index (κ3) is 4.82. The average molecular weight is 313 g/mol. The highest BCUT2D eigenvalue weighted by Gasteiger charge is 2.17. The maximum absolute atomic E-state index is 12.5. The molecule has 0 bridgehead atoms. The first kappa shape index (κ1) is 17.0. The van der Waals surface area contributed by atoms with Crippen molar-refractivity contribution >= 4 is 30.8 Å². The smallest absolute Gasteiger partial charge is 0.314 e. The summed E-state index contributed by atoms with van der Waals surface area (Å²) in [6, 6.07) is 5.25. The second-order valence-electron chi connectivity index (χ2n) is 4.22. The molecule has 1 aromatic carbocycles. The van der Waals surface area contributed by atoms with E-state index in [0.29, 0.717) is 11.3 Å². The van der Waals surface area contributed by atoms with Gasteiger partial charge >= 0.3 is 7.52 Å². The van der Waals surface area contributed by atoms with Crippen molar-refractivity contribution in [3.63, 3.8) is 0 Å². The van der Waals surface area contributed by atoms with Crippen LogP contribution in [0.4, 0.5) is 5.69 Å². The summed E-state index contributed by atoms with van der Waals surface area (Å²) in [6.45, 7) is 5.40. The second kappa shape index (κ2) is 7.67. The monoisotopic (exact) mass is 313 g/mol. The van der Waals surface area contributed by atoms with Crippen LogP contribution in [-0.2, 0) is 9.09 Å². The third-order valence-electron chi connectivity index (χ3n) is 2.68. The zero-order valence-corrected chi connectivity index (χ0v) is 13.9. The normalized spacial score (nSPS) is 14.2. The van der Waals surface area contributed by atoms with Crippen LogP contribution in [-0.4, -0.2) is 18.6 Å². The Hall–Kier alpha value is -1.03. The average Bonchev–Trinajstić information content (AvgIpc) is 2.38. The lowest BCUT2D eigenvalue weighted by molar-refractivity contribution is 0.101. The van der Waals surface area contributed by atoms with Gasteiger partial charge in [-0.2, -0.15) is 0 Å². The predicted molar refractivity (Wildman–Crippen MR) is 86.7 cm³/mol. The molecule has 0 saturated carbocycles. The van der Waals surface area contributed by atoms with Crippen molar-refractivity contribution in [3.8, 4) is 0 Å². The summed E-state index contributed by atoms with van der Waals surface area (Å²) >= 11 is 1.55. The van der Waals surface area contributed by atoms with E-state index >= 15 is 0 Å². The molecule has 0 aliphatic rings. The van der Waals surface area contributed by atoms with E-state index in [4.69, 9.17) is 4.52 Å². The number of hydrogen-bond acceptors (Lipinski definition) is 4. The maximum Gasteiger partial charge on any atom is 0.317 e. The van der Waals surface area contributed by atoms with Crippen molar-refractivity contribution in [2.45, 2.75) is 20.8 Å². The summed E-state index contributed by atoms with van der Waals surface area (Å²) < 4.78 is 17.5. The Kier molecular flexibility index (Phi) is 6.53. The molecule has 4 nitrogen and oxygen atoms in total. The molecule has 0 saturated heterocycles. The molecule has 1 aromatic rings. The molecule has 6 heteroatoms. The van der Waals surface area contributed by atoms with E-state index in [1.54, 1.807) is 41.2 Å². The molecule has 1 unspecified atom stereocenters. The number of aryl methyl sites for hydroxylation is 1. The molecule has 0 aliphatic heterocycles. The minimum Gasteiger partial charge on any atom is -0.314 e. The Morgan fingerprint density at radius 2 is 2.20 bits per heavy atom. The Morgan fingerprint density at radius 1 is 1.50 bits per heavy atom. The van der Waals surface area contributed by atoms with E-state index in [2.05, 4.69) is 5.09 Å². The lowest BCUT2D eigenvalue weighted by Crippen LogP contribution is -2.00. The van der Waals surface area contributed by atoms with Gasteiger partial charge < -0.3 is 9.61 Å². The Balaban J connectivity index is 2.93. The van der Waals surface area contributed by atoms with Crippen LogP contribution in [0, 0.1) is 6.92 Å². The minimum atomic E-state index is -3.05. The zero-order valence-electron chi connectivity index (χ0n) is 12.2. The fraction of sp³-hybridized carbons (Fsp3) is 0.357. The Morgan fingerprint density at radius 3 is 2.70 bits per heavy atom. The molecule has 0 heterocycles. The van der Waals surface area contributed by atoms with Gasteiger partial charge in [0.15, 0.2) is 5.78 Å². The lowest BCUT2D eigenvalue weighted by atomic mass is 10.1. The van der Waals surface area contributed by atoms with Gasteiger partial charge in [0.25, 0.3) is 0 Å². The van der Waals surface area contributed by atoms with Crippen molar-refractivity contribution in [1.82, 2.24) is 0 Å². The fourth-order valence-corrected chi connectivity index (χ4v) is 3.64. The van der Waals surface area contributed by atoms with Crippen LogP contribution in [0.5, 0.6) is 0 Å². The van der Waals surface area contributed by atoms with Gasteiger partial charge in [0.1, 0.15) is 0 Å². The molecule has 110 valence electrons. The third-order valence-corrected chi connectivity index (χ3v) is 5.20. The highest BCUT2D eigenvalue weighted by atomic mass is 32.2. The van der Waals surface area contributed by atoms with E-state index in [9.17, 15) is 9.36 Å². The summed E-state index contributed by atoms with van der Waals surface area (Å²) in [5.74, 6) is 2.48. The quantitative estimate of drug-likeness (QED) is 0.585. The van der Waals surface area contributed by atoms with Crippen molar-refractivity contribution in [2.24, 2.45) is 0 Å². The summed E-state index contributed by atoms with van der Waals surface area (Å²) in [4.78, 5) is 11.4. The van der Waals surface area contributed by atoms with Gasteiger partial charge in [-0.1, -0.05) is 6.92 Å². The van der Waals surface area contributed by atoms with E-state index < -0.39 is 7.52 Å². The number of anilines is 1. The topological polar surface area (TPSA) is 55.4 Å². The first-order valence-electron chi connectivity index (χ1n) is 6.26. The van der Waals surface area contributed by atoms with E-state index in [1.807, 2.05) is 13.8 Å². The van der Waals surface area contributed by atoms with E-state index in [0.717, 1.165) is 11.3 Å². The summed E-state index contributed by atoms with van der Waals surface area (Å²) in [7, 11) is -1.64. The van der Waals surface area contributed by atoms with Gasteiger partial charge in [0, 0.05) is 24.2 Å². The second-order valence-corrected chi connectivity index (χ2v) is 7.48. The maximum atomic E-state index is 12.5. The molecule has 0 aliphatic carbocycles. The van der Waals surface area contributed by atoms with E-state index in [-0.39, 0.29) is 5.78 Å². The number of ketones is 1. The van der Waals surface area contributed by atoms with Crippen molar-refractivity contribution in [3.05, 3.63) is 40.6 Å². The van der Waals surface area contributed by atoms with Crippen molar-refractivity contribution < 1.29 is 13.9 Å². The van der Waals surface area contributed by atoms with Crippen LogP contribution in [0.1, 0.15) is 29.8 Å². The number of hydrogen-bond donors (Lipinski definition) is 1. The number of thioether (sulfide) groups is 1. The SMILES string of the molecule is CCS/C=C\P(=O)(Nc1ccc(C(C)=O)c(C)c1)OC. The number of Topliss-reactive ketones (excluding diaryl/α,β-unsaturated/α-hetero) is 1. The van der Waals surface area contributed by atoms with Crippen LogP contribution in [0.2, 0.25) is 0 Å². The molecule has 0 aromatic heterocycles. The van der Waals surface area contributed by atoms with Crippen LogP contribution in [0.15, 0.2) is 29.4 Å². The standard InChI is InChI=1S/C14H20NO3PS/c1-5-20-9-8-19(17,18-4)15-13-6-7-14(12(3)16)11(2)10-13/h6-10H,5H2,1-4H3,(H,15,17)/b9-8-. The van der Waals surface area contributed by atoms with Crippen molar-refractivity contribution in [2.75, 3.05) is 17.9 Å². The zero-order chi connectivity index (χ0) is 15.2. The molecule has 0 fully saturated rings. The van der Waals surface area contributed by atoms with Crippen LogP contribution < -0.4 is 5.09 Å². The number of nitrogens with one attached hydrogen (secondary N) is 1. The molecular weight excluding hydrogens is 293 g/mol. The summed E-state index contributed by atoms with van der Waals surface area (Å²) in [5.41, 5.74) is 2.18. The first-order valence-corrected chi connectivity index (χ1v) is 9.00. The van der Waals surface area contributed by atoms with Crippen LogP contribution in [0.25, 0.3) is 0 Å². The number of benzene rings is 1. The Bertz CT molecular complexity index is 557. The molecule has 1 N–H and O–H groups in total. The van der Waals surface area contributed by atoms with Gasteiger partial charge in [0.2, 0.25) is 0 Å². The van der Waals surface area contributed by atoms with Gasteiger partial charge in [0.05, 0.1) is 0 Å². The first-order chi connectivity index (χ1) is 9.41. The lowest BCUT2D eigenvalue weighted by Gasteiger charge is -2.16. The predicted octanol–water partition coefficient (Wildman–Crippen LogP) is 4.67. The fourth-order valence-electron chi connectivity index (χ4n) is 1.67. The summed E-state index contributed by atoms with van der Waals surface area (Å²) in [6.07, 6.45) is 0. The summed E-state index contributed by atoms with van der Waals surface area (Å²) in [5, 5.41) is 4.66. The molecule has 20 heavy (non-hydrogen) atoms. The minimum absolute atomic E-state index is 0.0169. The molecule has 0 amide bonds. The number of carbonyl (C=O) groups excluding carboxylic acids is 1. The van der Waals surface area contributed by atoms with Crippen molar-refractivity contribution in [1.29, 1.82) is 0 Å². The largest absolute Gasteiger partial charge is 0.317 e. The molecule has 1 atom stereocenters. The highest BCUT2D eigenvalue weighted by molar-refractivity contribution is 8.02. The van der Waals surface area contributed by atoms with Crippen LogP contribution >= 0.6 is 19.3 Å². The molecule has 0 radical (unpaired) electrons. The van der Waals surface area contributed by atoms with Gasteiger partial charge in [-0.25, -0.2) is 0 Å². The van der Waals surface area contributed by atoms with Crippen LogP contribution in [0.3, 0.4) is 0 Å². The van der Waals surface area contributed by atoms with Gasteiger partial charge in [-0.05, 0) is 48.8 Å². The highest BCUT2D eigenvalue weighted by Crippen LogP contribution is 2.48. The number of carbonyl (C=O) groups is 1. The molecule has 1 rings (SSSR count). The van der Waals surface area contributed by atoms with E-state index in [1.165, 1.54) is 14.0 Å². The molecular formula is C14H20NO3PS. The van der Waals surface area contributed by atoms with Gasteiger partial charge in [-0.15, -0.1) is 11.8 Å². The Labute approximate surface area is 124 Å². The molecule has 0 spiro atoms. The number of rotatable bonds is 7. The van der Waals surface area contributed by atoms with Gasteiger partial charge in [-0.3, -0.25) is 9.36 Å².